The molecule has 0 saturated heterocycles. The van der Waals surface area contributed by atoms with Crippen LogP contribution in [0.25, 0.3) is 0 Å². The molecular formula is C13H14BrNO2. The third kappa shape index (κ3) is 4.22. The molecule has 1 N–H and O–H groups in total. The van der Waals surface area contributed by atoms with Gasteiger partial charge in [-0.25, -0.2) is 4.79 Å². The molecule has 0 spiro atoms. The second kappa shape index (κ2) is 7.10. The molecule has 1 rings (SSSR count). The largest absolute Gasteiger partial charge is 0.465 e. The molecule has 0 aromatic heterocycles. The Morgan fingerprint density at radius 1 is 1.65 bits per heavy atom. The van der Waals surface area contributed by atoms with E-state index in [0.717, 1.165) is 10.0 Å². The van der Waals surface area contributed by atoms with Crippen molar-refractivity contribution >= 4 is 21.9 Å². The van der Waals surface area contributed by atoms with E-state index in [4.69, 9.17) is 11.2 Å². The van der Waals surface area contributed by atoms with Gasteiger partial charge in [0.05, 0.1) is 13.2 Å². The Morgan fingerprint density at radius 2 is 2.41 bits per heavy atom. The van der Waals surface area contributed by atoms with Crippen LogP contribution in [-0.2, 0) is 9.53 Å². The van der Waals surface area contributed by atoms with Crippen LogP contribution in [0.5, 0.6) is 0 Å². The van der Waals surface area contributed by atoms with Crippen LogP contribution in [0.3, 0.4) is 0 Å². The first-order valence-corrected chi connectivity index (χ1v) is 6.07. The lowest BCUT2D eigenvalue weighted by Gasteiger charge is -2.16. The van der Waals surface area contributed by atoms with Crippen LogP contribution in [0.15, 0.2) is 28.7 Å². The van der Waals surface area contributed by atoms with E-state index in [2.05, 4.69) is 27.2 Å². The van der Waals surface area contributed by atoms with Gasteiger partial charge in [-0.2, -0.15) is 0 Å². The standard InChI is InChI=1S/C13H14BrNO2/c1-3-8-15-12(13(16)17-4-2)10-6-5-7-11(14)9-10/h1,5-7,9,12,15H,4,8H2,2H3. The average Bonchev–Trinajstić information content (AvgIpc) is 2.30. The van der Waals surface area contributed by atoms with E-state index in [-0.39, 0.29) is 5.97 Å². The Kier molecular flexibility index (Phi) is 5.75. The molecule has 90 valence electrons. The van der Waals surface area contributed by atoms with Gasteiger partial charge in [-0.05, 0) is 24.6 Å². The first-order valence-electron chi connectivity index (χ1n) is 5.28. The Bertz CT molecular complexity index is 426. The summed E-state index contributed by atoms with van der Waals surface area (Å²) in [6.45, 7) is 2.44. The number of terminal acetylenes is 1. The molecule has 0 saturated carbocycles. The van der Waals surface area contributed by atoms with Crippen LogP contribution in [-0.4, -0.2) is 19.1 Å². The number of hydrogen-bond acceptors (Lipinski definition) is 3. The summed E-state index contributed by atoms with van der Waals surface area (Å²) in [5, 5.41) is 2.97. The van der Waals surface area contributed by atoms with Crippen molar-refractivity contribution in [3.05, 3.63) is 34.3 Å². The minimum Gasteiger partial charge on any atom is -0.465 e. The van der Waals surface area contributed by atoms with Crippen LogP contribution in [0.2, 0.25) is 0 Å². The molecule has 3 nitrogen and oxygen atoms in total. The van der Waals surface area contributed by atoms with Gasteiger partial charge in [0.25, 0.3) is 0 Å². The Morgan fingerprint density at radius 3 is 3.00 bits per heavy atom. The number of ether oxygens (including phenoxy) is 1. The molecule has 0 amide bonds. The van der Waals surface area contributed by atoms with Crippen molar-refractivity contribution in [3.63, 3.8) is 0 Å². The van der Waals surface area contributed by atoms with Gasteiger partial charge < -0.3 is 4.74 Å². The second-order valence-corrected chi connectivity index (χ2v) is 4.24. The molecule has 0 bridgehead atoms. The number of carbonyl (C=O) groups excluding carboxylic acids is 1. The molecule has 0 heterocycles. The van der Waals surface area contributed by atoms with Crippen LogP contribution in [0, 0.1) is 12.3 Å². The predicted molar refractivity (Wildman–Crippen MR) is 70.4 cm³/mol. The molecule has 0 fully saturated rings. The highest BCUT2D eigenvalue weighted by Crippen LogP contribution is 2.19. The number of carbonyl (C=O) groups is 1. The van der Waals surface area contributed by atoms with Crippen LogP contribution in [0.1, 0.15) is 18.5 Å². The summed E-state index contributed by atoms with van der Waals surface area (Å²) in [4.78, 5) is 11.8. The van der Waals surface area contributed by atoms with Crippen molar-refractivity contribution in [1.29, 1.82) is 0 Å². The third-order valence-electron chi connectivity index (χ3n) is 2.11. The summed E-state index contributed by atoms with van der Waals surface area (Å²) >= 11 is 3.37. The first-order chi connectivity index (χ1) is 8.19. The zero-order valence-corrected chi connectivity index (χ0v) is 11.2. The zero-order chi connectivity index (χ0) is 12.7. The zero-order valence-electron chi connectivity index (χ0n) is 9.57. The highest BCUT2D eigenvalue weighted by atomic mass is 79.9. The van der Waals surface area contributed by atoms with Gasteiger partial charge in [-0.1, -0.05) is 34.0 Å². The van der Waals surface area contributed by atoms with Gasteiger partial charge in [-0.3, -0.25) is 5.32 Å². The number of rotatable bonds is 5. The lowest BCUT2D eigenvalue weighted by Crippen LogP contribution is -2.30. The molecule has 0 radical (unpaired) electrons. The van der Waals surface area contributed by atoms with Gasteiger partial charge in [0, 0.05) is 4.47 Å². The molecule has 1 aromatic carbocycles. The maximum atomic E-state index is 11.8. The molecule has 1 atom stereocenters. The summed E-state index contributed by atoms with van der Waals surface area (Å²) in [5.41, 5.74) is 0.827. The van der Waals surface area contributed by atoms with E-state index in [9.17, 15) is 4.79 Å². The predicted octanol–water partition coefficient (Wildman–Crippen LogP) is 2.28. The quantitative estimate of drug-likeness (QED) is 0.669. The fourth-order valence-electron chi connectivity index (χ4n) is 1.41. The molecule has 0 aliphatic carbocycles. The molecule has 0 aliphatic rings. The van der Waals surface area contributed by atoms with E-state index in [1.807, 2.05) is 24.3 Å². The lowest BCUT2D eigenvalue weighted by atomic mass is 10.1. The van der Waals surface area contributed by atoms with Crippen LogP contribution >= 0.6 is 15.9 Å². The van der Waals surface area contributed by atoms with Crippen LogP contribution in [0.4, 0.5) is 0 Å². The first kappa shape index (κ1) is 13.8. The van der Waals surface area contributed by atoms with Crippen LogP contribution < -0.4 is 5.32 Å². The molecule has 17 heavy (non-hydrogen) atoms. The van der Waals surface area contributed by atoms with Gasteiger partial charge in [0.1, 0.15) is 6.04 Å². The maximum Gasteiger partial charge on any atom is 0.327 e. The second-order valence-electron chi connectivity index (χ2n) is 3.33. The van der Waals surface area contributed by atoms with Crippen molar-refractivity contribution in [2.75, 3.05) is 13.2 Å². The van der Waals surface area contributed by atoms with E-state index in [1.54, 1.807) is 6.92 Å². The molecule has 1 unspecified atom stereocenters. The number of hydrogen-bond donors (Lipinski definition) is 1. The van der Waals surface area contributed by atoms with Crippen molar-refractivity contribution in [3.8, 4) is 12.3 Å². The minimum absolute atomic E-state index is 0.315. The number of halogens is 1. The number of esters is 1. The Hall–Kier alpha value is -1.31. The highest BCUT2D eigenvalue weighted by Gasteiger charge is 2.20. The molecular weight excluding hydrogens is 282 g/mol. The highest BCUT2D eigenvalue weighted by molar-refractivity contribution is 9.10. The Balaban J connectivity index is 2.89. The Labute approximate surface area is 110 Å². The van der Waals surface area contributed by atoms with Crippen molar-refractivity contribution < 1.29 is 9.53 Å². The van der Waals surface area contributed by atoms with Gasteiger partial charge in [0.15, 0.2) is 0 Å². The smallest absolute Gasteiger partial charge is 0.327 e. The fraction of sp³-hybridized carbons (Fsp3) is 0.308. The van der Waals surface area contributed by atoms with E-state index in [1.165, 1.54) is 0 Å². The maximum absolute atomic E-state index is 11.8. The van der Waals surface area contributed by atoms with Crippen molar-refractivity contribution in [2.24, 2.45) is 0 Å². The third-order valence-corrected chi connectivity index (χ3v) is 2.61. The van der Waals surface area contributed by atoms with Crippen molar-refractivity contribution in [2.45, 2.75) is 13.0 Å². The van der Waals surface area contributed by atoms with E-state index >= 15 is 0 Å². The normalized spacial score (nSPS) is 11.6. The van der Waals surface area contributed by atoms with Gasteiger partial charge >= 0.3 is 5.97 Å². The summed E-state index contributed by atoms with van der Waals surface area (Å²) in [6.07, 6.45) is 5.19. The summed E-state index contributed by atoms with van der Waals surface area (Å²) < 4.78 is 5.92. The van der Waals surface area contributed by atoms with E-state index in [0.29, 0.717) is 13.2 Å². The number of nitrogens with one attached hydrogen (secondary N) is 1. The fourth-order valence-corrected chi connectivity index (χ4v) is 1.83. The number of benzene rings is 1. The molecule has 1 aromatic rings. The molecule has 0 aliphatic heterocycles. The molecule has 4 heteroatoms. The lowest BCUT2D eigenvalue weighted by molar-refractivity contribution is -0.145. The average molecular weight is 296 g/mol. The van der Waals surface area contributed by atoms with Gasteiger partial charge in [-0.15, -0.1) is 6.42 Å². The van der Waals surface area contributed by atoms with Crippen molar-refractivity contribution in [1.82, 2.24) is 5.32 Å². The summed E-state index contributed by atoms with van der Waals surface area (Å²) in [7, 11) is 0. The topological polar surface area (TPSA) is 38.3 Å². The minimum atomic E-state index is -0.525. The summed E-state index contributed by atoms with van der Waals surface area (Å²) in [5.74, 6) is 2.13. The monoisotopic (exact) mass is 295 g/mol. The summed E-state index contributed by atoms with van der Waals surface area (Å²) in [6, 6.07) is 6.96. The van der Waals surface area contributed by atoms with Gasteiger partial charge in [0.2, 0.25) is 0 Å². The van der Waals surface area contributed by atoms with E-state index < -0.39 is 6.04 Å². The SMILES string of the molecule is C#CCNC(C(=O)OCC)c1cccc(Br)c1.